The van der Waals surface area contributed by atoms with Gasteiger partial charge in [0.05, 0.1) is 5.69 Å². The Hall–Kier alpha value is -2.56. The van der Waals surface area contributed by atoms with Gasteiger partial charge < -0.3 is 16.2 Å². The van der Waals surface area contributed by atoms with Gasteiger partial charge >= 0.3 is 0 Å². The summed E-state index contributed by atoms with van der Waals surface area (Å²) in [5.41, 5.74) is 12.7. The summed E-state index contributed by atoms with van der Waals surface area (Å²) in [4.78, 5) is 14.8. The number of pyridine rings is 1. The highest BCUT2D eigenvalue weighted by molar-refractivity contribution is 5.91. The van der Waals surface area contributed by atoms with Crippen LogP contribution in [0.3, 0.4) is 0 Å². The Morgan fingerprint density at radius 3 is 2.78 bits per heavy atom. The number of primary amides is 1. The minimum atomic E-state index is -0.599. The third kappa shape index (κ3) is 2.57. The van der Waals surface area contributed by atoms with Crippen LogP contribution in [0.5, 0.6) is 11.5 Å². The smallest absolute Gasteiger partial charge is 0.267 e. The Morgan fingerprint density at radius 1 is 1.28 bits per heavy atom. The predicted octanol–water partition coefficient (Wildman–Crippen LogP) is 1.86. The van der Waals surface area contributed by atoms with E-state index in [0.717, 1.165) is 5.56 Å². The van der Waals surface area contributed by atoms with Crippen molar-refractivity contribution in [2.75, 3.05) is 5.73 Å². The number of nitrogens with zero attached hydrogens (tertiary/aromatic N) is 1. The highest BCUT2D eigenvalue weighted by Gasteiger charge is 2.06. The number of rotatable bonds is 3. The number of amides is 1. The first-order valence-electron chi connectivity index (χ1n) is 5.36. The molecule has 18 heavy (non-hydrogen) atoms. The Morgan fingerprint density at radius 2 is 2.06 bits per heavy atom. The summed E-state index contributed by atoms with van der Waals surface area (Å²) in [7, 11) is 0. The van der Waals surface area contributed by atoms with Crippen molar-refractivity contribution in [1.29, 1.82) is 0 Å². The van der Waals surface area contributed by atoms with Crippen LogP contribution in [-0.4, -0.2) is 10.9 Å². The number of anilines is 1. The van der Waals surface area contributed by atoms with E-state index in [0.29, 0.717) is 17.2 Å². The molecule has 0 unspecified atom stereocenters. The molecule has 1 heterocycles. The molecule has 0 fully saturated rings. The van der Waals surface area contributed by atoms with Gasteiger partial charge in [-0.1, -0.05) is 6.07 Å². The van der Waals surface area contributed by atoms with Crippen molar-refractivity contribution in [3.05, 3.63) is 47.8 Å². The van der Waals surface area contributed by atoms with Gasteiger partial charge in [-0.3, -0.25) is 9.78 Å². The maximum Gasteiger partial charge on any atom is 0.267 e. The van der Waals surface area contributed by atoms with Gasteiger partial charge in [0.25, 0.3) is 5.91 Å². The highest BCUT2D eigenvalue weighted by atomic mass is 16.5. The van der Waals surface area contributed by atoms with Crippen LogP contribution in [0.1, 0.15) is 16.1 Å². The van der Waals surface area contributed by atoms with E-state index in [4.69, 9.17) is 16.2 Å². The molecule has 2 rings (SSSR count). The summed E-state index contributed by atoms with van der Waals surface area (Å²) in [6, 6.07) is 8.59. The largest absolute Gasteiger partial charge is 0.455 e. The van der Waals surface area contributed by atoms with E-state index in [1.165, 1.54) is 12.3 Å². The molecule has 1 aromatic heterocycles. The Labute approximate surface area is 104 Å². The molecule has 1 aromatic carbocycles. The number of hydrogen-bond donors (Lipinski definition) is 2. The first kappa shape index (κ1) is 11.9. The second-order valence-electron chi connectivity index (χ2n) is 3.88. The van der Waals surface area contributed by atoms with Crippen LogP contribution in [0.15, 0.2) is 36.5 Å². The fraction of sp³-hybridized carbons (Fsp3) is 0.0769. The van der Waals surface area contributed by atoms with E-state index in [-0.39, 0.29) is 5.69 Å². The summed E-state index contributed by atoms with van der Waals surface area (Å²) >= 11 is 0. The van der Waals surface area contributed by atoms with Gasteiger partial charge in [0, 0.05) is 12.3 Å². The zero-order valence-electron chi connectivity index (χ0n) is 9.88. The van der Waals surface area contributed by atoms with Crippen molar-refractivity contribution in [3.63, 3.8) is 0 Å². The molecule has 0 saturated carbocycles. The van der Waals surface area contributed by atoms with Crippen molar-refractivity contribution in [1.82, 2.24) is 4.98 Å². The van der Waals surface area contributed by atoms with Crippen LogP contribution in [0.2, 0.25) is 0 Å². The van der Waals surface area contributed by atoms with Crippen molar-refractivity contribution in [3.8, 4) is 11.5 Å². The van der Waals surface area contributed by atoms with E-state index in [1.54, 1.807) is 12.1 Å². The SMILES string of the molecule is Cc1ccc(N)c(Oc2ccnc(C(N)=O)c2)c1. The van der Waals surface area contributed by atoms with Crippen molar-refractivity contribution in [2.24, 2.45) is 5.73 Å². The van der Waals surface area contributed by atoms with Crippen LogP contribution in [0.25, 0.3) is 0 Å². The molecular formula is C13H13N3O2. The molecule has 0 radical (unpaired) electrons. The molecule has 0 bridgehead atoms. The van der Waals surface area contributed by atoms with Gasteiger partial charge in [0.1, 0.15) is 11.4 Å². The number of carbonyl (C=O) groups excluding carboxylic acids is 1. The van der Waals surface area contributed by atoms with Crippen molar-refractivity contribution >= 4 is 11.6 Å². The van der Waals surface area contributed by atoms with Crippen LogP contribution in [-0.2, 0) is 0 Å². The molecule has 92 valence electrons. The van der Waals surface area contributed by atoms with Gasteiger partial charge in [-0.15, -0.1) is 0 Å². The Balaban J connectivity index is 2.31. The van der Waals surface area contributed by atoms with Crippen LogP contribution in [0, 0.1) is 6.92 Å². The Kier molecular flexibility index (Phi) is 3.14. The summed E-state index contributed by atoms with van der Waals surface area (Å²) in [6.45, 7) is 1.94. The van der Waals surface area contributed by atoms with Crippen molar-refractivity contribution in [2.45, 2.75) is 6.92 Å². The maximum absolute atomic E-state index is 11.0. The van der Waals surface area contributed by atoms with Gasteiger partial charge in [0.2, 0.25) is 0 Å². The number of aromatic nitrogens is 1. The lowest BCUT2D eigenvalue weighted by Crippen LogP contribution is -2.12. The van der Waals surface area contributed by atoms with Gasteiger partial charge in [-0.2, -0.15) is 0 Å². The third-order valence-electron chi connectivity index (χ3n) is 2.38. The van der Waals surface area contributed by atoms with E-state index < -0.39 is 5.91 Å². The van der Waals surface area contributed by atoms with Crippen LogP contribution >= 0.6 is 0 Å². The third-order valence-corrected chi connectivity index (χ3v) is 2.38. The lowest BCUT2D eigenvalue weighted by atomic mass is 10.2. The molecule has 5 heteroatoms. The zero-order chi connectivity index (χ0) is 13.1. The predicted molar refractivity (Wildman–Crippen MR) is 68.4 cm³/mol. The number of ether oxygens (including phenoxy) is 1. The first-order chi connectivity index (χ1) is 8.56. The van der Waals surface area contributed by atoms with Gasteiger partial charge in [-0.25, -0.2) is 0 Å². The molecule has 1 amide bonds. The second-order valence-corrected chi connectivity index (χ2v) is 3.88. The average Bonchev–Trinajstić information content (AvgIpc) is 2.34. The molecule has 4 N–H and O–H groups in total. The average molecular weight is 243 g/mol. The van der Waals surface area contributed by atoms with E-state index in [2.05, 4.69) is 4.98 Å². The summed E-state index contributed by atoms with van der Waals surface area (Å²) < 4.78 is 5.61. The monoisotopic (exact) mass is 243 g/mol. The quantitative estimate of drug-likeness (QED) is 0.805. The number of hydrogen-bond acceptors (Lipinski definition) is 4. The Bertz CT molecular complexity index is 597. The molecule has 0 saturated heterocycles. The molecule has 0 aliphatic rings. The van der Waals surface area contributed by atoms with Gasteiger partial charge in [-0.05, 0) is 30.7 Å². The number of benzene rings is 1. The molecule has 5 nitrogen and oxygen atoms in total. The van der Waals surface area contributed by atoms with Crippen LogP contribution < -0.4 is 16.2 Å². The molecule has 0 spiro atoms. The van der Waals surface area contributed by atoms with Gasteiger partial charge in [0.15, 0.2) is 5.75 Å². The summed E-state index contributed by atoms with van der Waals surface area (Å²) in [5.74, 6) is 0.408. The highest BCUT2D eigenvalue weighted by Crippen LogP contribution is 2.28. The molecule has 2 aromatic rings. The fourth-order valence-electron chi connectivity index (χ4n) is 1.47. The minimum absolute atomic E-state index is 0.152. The normalized spacial score (nSPS) is 10.1. The number of carbonyl (C=O) groups is 1. The number of nitrogen functional groups attached to an aromatic ring is 1. The number of nitrogens with two attached hydrogens (primary N) is 2. The molecule has 0 aliphatic carbocycles. The zero-order valence-corrected chi connectivity index (χ0v) is 9.88. The fourth-order valence-corrected chi connectivity index (χ4v) is 1.47. The molecule has 0 atom stereocenters. The summed E-state index contributed by atoms with van der Waals surface area (Å²) in [5, 5.41) is 0. The van der Waals surface area contributed by atoms with E-state index in [1.807, 2.05) is 19.1 Å². The van der Waals surface area contributed by atoms with Crippen molar-refractivity contribution < 1.29 is 9.53 Å². The second kappa shape index (κ2) is 4.75. The molecular weight excluding hydrogens is 230 g/mol. The maximum atomic E-state index is 11.0. The standard InChI is InChI=1S/C13H13N3O2/c1-8-2-3-10(14)12(6-8)18-9-4-5-16-11(7-9)13(15)17/h2-7H,14H2,1H3,(H2,15,17). The van der Waals surface area contributed by atoms with E-state index in [9.17, 15) is 4.79 Å². The topological polar surface area (TPSA) is 91.2 Å². The summed E-state index contributed by atoms with van der Waals surface area (Å²) in [6.07, 6.45) is 1.46. The number of aryl methyl sites for hydroxylation is 1. The molecule has 0 aliphatic heterocycles. The van der Waals surface area contributed by atoms with Crippen LogP contribution in [0.4, 0.5) is 5.69 Å². The first-order valence-corrected chi connectivity index (χ1v) is 5.36. The lowest BCUT2D eigenvalue weighted by molar-refractivity contribution is 0.0995. The lowest BCUT2D eigenvalue weighted by Gasteiger charge is -2.09. The minimum Gasteiger partial charge on any atom is -0.455 e. The van der Waals surface area contributed by atoms with E-state index >= 15 is 0 Å².